The number of carbonyl (C=O) groups excluding carboxylic acids is 1. The summed E-state index contributed by atoms with van der Waals surface area (Å²) < 4.78 is 2.09. The summed E-state index contributed by atoms with van der Waals surface area (Å²) in [5.74, 6) is 0.00817. The molecule has 1 fully saturated rings. The average molecular weight is 261 g/mol. The zero-order valence-corrected chi connectivity index (χ0v) is 12.5. The van der Waals surface area contributed by atoms with Crippen LogP contribution >= 0.6 is 0 Å². The average Bonchev–Trinajstić information content (AvgIpc) is 2.51. The number of rotatable bonds is 2. The van der Waals surface area contributed by atoms with Crippen molar-refractivity contribution in [2.75, 3.05) is 13.1 Å². The fourth-order valence-electron chi connectivity index (χ4n) is 3.02. The van der Waals surface area contributed by atoms with Crippen molar-refractivity contribution in [2.24, 2.45) is 0 Å². The molecule has 2 rings (SSSR count). The summed E-state index contributed by atoms with van der Waals surface area (Å²) in [6.07, 6.45) is 1.37. The van der Waals surface area contributed by atoms with Crippen molar-refractivity contribution in [3.63, 3.8) is 0 Å². The van der Waals surface area contributed by atoms with Gasteiger partial charge in [0, 0.05) is 24.3 Å². The minimum atomic E-state index is 0.00817. The predicted octanol–water partition coefficient (Wildman–Crippen LogP) is 2.37. The lowest BCUT2D eigenvalue weighted by atomic mass is 9.85. The standard InChI is InChI=1S/C15H23N3O/c1-7-13(19)17-8-12(9-17)18-11(3)14(10(2)16-18)15(4,5)6/h7,12H,1,8-9H2,2-6H3. The van der Waals surface area contributed by atoms with Crippen LogP contribution in [0.25, 0.3) is 0 Å². The fourth-order valence-corrected chi connectivity index (χ4v) is 3.02. The highest BCUT2D eigenvalue weighted by Gasteiger charge is 2.34. The van der Waals surface area contributed by atoms with E-state index >= 15 is 0 Å². The zero-order chi connectivity index (χ0) is 14.4. The molecule has 0 aromatic carbocycles. The van der Waals surface area contributed by atoms with E-state index in [2.05, 4.69) is 51.0 Å². The van der Waals surface area contributed by atoms with Crippen molar-refractivity contribution >= 4 is 5.91 Å². The second kappa shape index (κ2) is 4.51. The van der Waals surface area contributed by atoms with E-state index in [9.17, 15) is 4.79 Å². The van der Waals surface area contributed by atoms with Crippen LogP contribution in [0.2, 0.25) is 0 Å². The summed E-state index contributed by atoms with van der Waals surface area (Å²) in [5.41, 5.74) is 3.74. The Morgan fingerprint density at radius 3 is 2.37 bits per heavy atom. The topological polar surface area (TPSA) is 38.1 Å². The van der Waals surface area contributed by atoms with Crippen LogP contribution in [-0.2, 0) is 10.2 Å². The Kier molecular flexibility index (Phi) is 3.29. The van der Waals surface area contributed by atoms with Crippen molar-refractivity contribution < 1.29 is 4.79 Å². The van der Waals surface area contributed by atoms with E-state index in [0.29, 0.717) is 6.04 Å². The number of carbonyl (C=O) groups is 1. The highest BCUT2D eigenvalue weighted by Crippen LogP contribution is 2.32. The molecule has 0 N–H and O–H groups in total. The number of likely N-dealkylation sites (tertiary alicyclic amines) is 1. The summed E-state index contributed by atoms with van der Waals surface area (Å²) in [4.78, 5) is 13.3. The molecule has 104 valence electrons. The molecule has 0 radical (unpaired) electrons. The molecule has 0 bridgehead atoms. The third kappa shape index (κ3) is 2.31. The van der Waals surface area contributed by atoms with Gasteiger partial charge in [0.15, 0.2) is 0 Å². The van der Waals surface area contributed by atoms with Gasteiger partial charge in [0.25, 0.3) is 0 Å². The van der Waals surface area contributed by atoms with Crippen LogP contribution in [0.1, 0.15) is 43.8 Å². The van der Waals surface area contributed by atoms with Gasteiger partial charge in [-0.1, -0.05) is 27.4 Å². The van der Waals surface area contributed by atoms with Gasteiger partial charge >= 0.3 is 0 Å². The molecule has 4 heteroatoms. The molecule has 0 aliphatic carbocycles. The third-order valence-corrected chi connectivity index (χ3v) is 3.77. The van der Waals surface area contributed by atoms with Crippen LogP contribution in [0.3, 0.4) is 0 Å². The summed E-state index contributed by atoms with van der Waals surface area (Å²) in [7, 11) is 0. The fraction of sp³-hybridized carbons (Fsp3) is 0.600. The minimum Gasteiger partial charge on any atom is -0.335 e. The maximum Gasteiger partial charge on any atom is 0.246 e. The zero-order valence-electron chi connectivity index (χ0n) is 12.5. The number of hydrogen-bond acceptors (Lipinski definition) is 2. The second-order valence-corrected chi connectivity index (χ2v) is 6.34. The number of aryl methyl sites for hydroxylation is 1. The molecule has 4 nitrogen and oxygen atoms in total. The smallest absolute Gasteiger partial charge is 0.246 e. The number of aromatic nitrogens is 2. The van der Waals surface area contributed by atoms with Gasteiger partial charge in [-0.3, -0.25) is 9.48 Å². The van der Waals surface area contributed by atoms with E-state index in [0.717, 1.165) is 18.8 Å². The minimum absolute atomic E-state index is 0.00817. The normalized spacial score (nSPS) is 16.4. The number of hydrogen-bond donors (Lipinski definition) is 0. The van der Waals surface area contributed by atoms with Crippen LogP contribution < -0.4 is 0 Å². The number of amides is 1. The van der Waals surface area contributed by atoms with Gasteiger partial charge in [-0.15, -0.1) is 0 Å². The van der Waals surface area contributed by atoms with E-state index in [1.165, 1.54) is 17.3 Å². The quantitative estimate of drug-likeness (QED) is 0.767. The van der Waals surface area contributed by atoms with Crippen LogP contribution in [0.15, 0.2) is 12.7 Å². The van der Waals surface area contributed by atoms with Crippen LogP contribution in [-0.4, -0.2) is 33.7 Å². The van der Waals surface area contributed by atoms with Crippen molar-refractivity contribution in [1.29, 1.82) is 0 Å². The van der Waals surface area contributed by atoms with Crippen LogP contribution in [0.4, 0.5) is 0 Å². The molecule has 19 heavy (non-hydrogen) atoms. The molecule has 0 unspecified atom stereocenters. The van der Waals surface area contributed by atoms with E-state index < -0.39 is 0 Å². The molecular weight excluding hydrogens is 238 g/mol. The maximum atomic E-state index is 11.5. The van der Waals surface area contributed by atoms with Gasteiger partial charge in [-0.2, -0.15) is 5.10 Å². The molecule has 1 aromatic rings. The Morgan fingerprint density at radius 2 is 1.95 bits per heavy atom. The summed E-state index contributed by atoms with van der Waals surface area (Å²) >= 11 is 0. The summed E-state index contributed by atoms with van der Waals surface area (Å²) in [5, 5.41) is 4.67. The maximum absolute atomic E-state index is 11.5. The van der Waals surface area contributed by atoms with E-state index in [4.69, 9.17) is 0 Å². The van der Waals surface area contributed by atoms with Crippen molar-refractivity contribution in [2.45, 2.75) is 46.1 Å². The van der Waals surface area contributed by atoms with Crippen LogP contribution in [0, 0.1) is 13.8 Å². The van der Waals surface area contributed by atoms with Crippen LogP contribution in [0.5, 0.6) is 0 Å². The molecule has 1 aromatic heterocycles. The lowest BCUT2D eigenvalue weighted by Crippen LogP contribution is -2.50. The van der Waals surface area contributed by atoms with E-state index in [-0.39, 0.29) is 11.3 Å². The number of nitrogens with zero attached hydrogens (tertiary/aromatic N) is 3. The largest absolute Gasteiger partial charge is 0.335 e. The summed E-state index contributed by atoms with van der Waals surface area (Å²) in [6, 6.07) is 0.304. The lowest BCUT2D eigenvalue weighted by Gasteiger charge is -2.39. The second-order valence-electron chi connectivity index (χ2n) is 6.34. The van der Waals surface area contributed by atoms with Gasteiger partial charge in [0.1, 0.15) is 0 Å². The van der Waals surface area contributed by atoms with Gasteiger partial charge < -0.3 is 4.90 Å². The highest BCUT2D eigenvalue weighted by atomic mass is 16.2. The first-order valence-corrected chi connectivity index (χ1v) is 6.73. The van der Waals surface area contributed by atoms with Crippen molar-refractivity contribution in [3.05, 3.63) is 29.6 Å². The first-order chi connectivity index (χ1) is 8.75. The molecule has 1 aliphatic heterocycles. The SMILES string of the molecule is C=CC(=O)N1CC(n2nc(C)c(C(C)(C)C)c2C)C1. The Bertz CT molecular complexity index is 516. The van der Waals surface area contributed by atoms with Gasteiger partial charge in [-0.25, -0.2) is 0 Å². The van der Waals surface area contributed by atoms with Crippen molar-refractivity contribution in [1.82, 2.24) is 14.7 Å². The molecule has 1 saturated heterocycles. The highest BCUT2D eigenvalue weighted by molar-refractivity contribution is 5.87. The van der Waals surface area contributed by atoms with Crippen molar-refractivity contribution in [3.8, 4) is 0 Å². The van der Waals surface area contributed by atoms with E-state index in [1.54, 1.807) is 4.90 Å². The molecule has 1 aliphatic rings. The van der Waals surface area contributed by atoms with E-state index in [1.807, 2.05) is 0 Å². The Morgan fingerprint density at radius 1 is 1.37 bits per heavy atom. The Hall–Kier alpha value is -1.58. The molecule has 0 atom stereocenters. The van der Waals surface area contributed by atoms with Gasteiger partial charge in [-0.05, 0) is 25.3 Å². The monoisotopic (exact) mass is 261 g/mol. The lowest BCUT2D eigenvalue weighted by molar-refractivity contribution is -0.131. The Balaban J connectivity index is 2.21. The molecular formula is C15H23N3O. The molecule has 2 heterocycles. The summed E-state index contributed by atoms with van der Waals surface area (Å²) in [6.45, 7) is 15.8. The molecule has 1 amide bonds. The Labute approximate surface area is 115 Å². The first kappa shape index (κ1) is 13.8. The first-order valence-electron chi connectivity index (χ1n) is 6.73. The van der Waals surface area contributed by atoms with Gasteiger partial charge in [0.05, 0.1) is 11.7 Å². The molecule has 0 saturated carbocycles. The van der Waals surface area contributed by atoms with Gasteiger partial charge in [0.2, 0.25) is 5.91 Å². The molecule has 0 spiro atoms. The predicted molar refractivity (Wildman–Crippen MR) is 76.2 cm³/mol. The third-order valence-electron chi connectivity index (χ3n) is 3.77.